The van der Waals surface area contributed by atoms with Gasteiger partial charge in [-0.1, -0.05) is 6.07 Å². The third-order valence-corrected chi connectivity index (χ3v) is 6.25. The van der Waals surface area contributed by atoms with Crippen LogP contribution in [0.4, 0.5) is 8.78 Å². The molecular weight excluding hydrogens is 422 g/mol. The van der Waals surface area contributed by atoms with Crippen molar-refractivity contribution in [1.82, 2.24) is 19.6 Å². The molecule has 2 saturated heterocycles. The Morgan fingerprint density at radius 3 is 2.69 bits per heavy atom. The third kappa shape index (κ3) is 3.13. The number of benzene rings is 1. The fraction of sp³-hybridized carbons (Fsp3) is 0.364. The average Bonchev–Trinajstić information content (AvgIpc) is 3.42. The van der Waals surface area contributed by atoms with Crippen LogP contribution in [0.2, 0.25) is 0 Å². The predicted molar refractivity (Wildman–Crippen MR) is 107 cm³/mol. The van der Waals surface area contributed by atoms with E-state index in [4.69, 9.17) is 4.74 Å². The zero-order valence-electron chi connectivity index (χ0n) is 17.2. The Hall–Kier alpha value is -3.40. The van der Waals surface area contributed by atoms with Crippen molar-refractivity contribution in [3.63, 3.8) is 0 Å². The lowest BCUT2D eigenvalue weighted by atomic mass is 9.88. The summed E-state index contributed by atoms with van der Waals surface area (Å²) in [6.07, 6.45) is 4.48. The first-order valence-corrected chi connectivity index (χ1v) is 10.3. The minimum Gasteiger partial charge on any atom is -0.377 e. The van der Waals surface area contributed by atoms with Crippen LogP contribution in [-0.4, -0.2) is 74.9 Å². The van der Waals surface area contributed by atoms with Gasteiger partial charge in [-0.3, -0.25) is 19.1 Å². The molecule has 0 N–H and O–H groups in total. The van der Waals surface area contributed by atoms with Crippen LogP contribution in [0.5, 0.6) is 0 Å². The standard InChI is InChI=1S/C22H20F2N4O4/c1-2-27-17-10-32-11-18(17)28-9-15(20(29)21(30)19(28)22(27)31)13-6-25-26(8-13)7-12-3-4-14(23)5-16(12)24/h3-6,8-9,17-19H,2,7,10-11H2,1H3/t17-,18+,19?/m0/s1. The lowest BCUT2D eigenvalue weighted by Gasteiger charge is -2.47. The summed E-state index contributed by atoms with van der Waals surface area (Å²) < 4.78 is 34.1. The maximum absolute atomic E-state index is 14.0. The van der Waals surface area contributed by atoms with Crippen LogP contribution >= 0.6 is 0 Å². The number of ketones is 2. The van der Waals surface area contributed by atoms with Crippen LogP contribution in [0.3, 0.4) is 0 Å². The number of allylic oxidation sites excluding steroid dienone is 1. The molecule has 1 aromatic heterocycles. The SMILES string of the molecule is CCN1C(=O)C2C(=O)C(=O)C(c3cnn(Cc4ccc(F)cc4F)c3)=CN2[C@@H]2COC[C@@H]21. The minimum atomic E-state index is -1.18. The van der Waals surface area contributed by atoms with E-state index in [9.17, 15) is 23.2 Å². The van der Waals surface area contributed by atoms with Crippen LogP contribution in [0.25, 0.3) is 5.57 Å². The quantitative estimate of drug-likeness (QED) is 0.519. The number of nitrogens with zero attached hydrogens (tertiary/aromatic N) is 4. The van der Waals surface area contributed by atoms with Gasteiger partial charge in [0.2, 0.25) is 11.6 Å². The summed E-state index contributed by atoms with van der Waals surface area (Å²) in [4.78, 5) is 42.0. The number of carbonyl (C=O) groups excluding carboxylic acids is 3. The van der Waals surface area contributed by atoms with Crippen molar-refractivity contribution in [2.75, 3.05) is 19.8 Å². The molecule has 166 valence electrons. The van der Waals surface area contributed by atoms with Gasteiger partial charge in [-0.15, -0.1) is 0 Å². The molecule has 4 heterocycles. The molecule has 3 aliphatic rings. The Kier molecular flexibility index (Phi) is 4.89. The van der Waals surface area contributed by atoms with E-state index in [1.54, 1.807) is 16.0 Å². The second-order valence-electron chi connectivity index (χ2n) is 8.04. The molecule has 2 fully saturated rings. The van der Waals surface area contributed by atoms with Crippen LogP contribution in [0.1, 0.15) is 18.1 Å². The highest BCUT2D eigenvalue weighted by Gasteiger charge is 2.54. The summed E-state index contributed by atoms with van der Waals surface area (Å²) in [5.74, 6) is -3.32. The number of hydrogen-bond donors (Lipinski definition) is 0. The second kappa shape index (κ2) is 7.63. The summed E-state index contributed by atoms with van der Waals surface area (Å²) in [7, 11) is 0. The topological polar surface area (TPSA) is 84.7 Å². The Balaban J connectivity index is 1.47. The summed E-state index contributed by atoms with van der Waals surface area (Å²) in [6, 6.07) is 1.67. The Bertz CT molecular complexity index is 1160. The van der Waals surface area contributed by atoms with Crippen molar-refractivity contribution in [3.05, 3.63) is 59.6 Å². The zero-order chi connectivity index (χ0) is 22.6. The molecule has 2 aromatic rings. The first kappa shape index (κ1) is 20.5. The number of carbonyl (C=O) groups is 3. The predicted octanol–water partition coefficient (Wildman–Crippen LogP) is 1.00. The van der Waals surface area contributed by atoms with Gasteiger partial charge in [-0.25, -0.2) is 8.78 Å². The summed E-state index contributed by atoms with van der Waals surface area (Å²) in [5.41, 5.74) is 0.735. The van der Waals surface area contributed by atoms with Crippen molar-refractivity contribution < 1.29 is 27.9 Å². The maximum Gasteiger partial charge on any atom is 0.253 e. The molecule has 3 atom stereocenters. The number of amides is 1. The molecule has 32 heavy (non-hydrogen) atoms. The summed E-state index contributed by atoms with van der Waals surface area (Å²) in [5, 5.41) is 4.15. The molecule has 8 nitrogen and oxygen atoms in total. The Morgan fingerprint density at radius 2 is 1.94 bits per heavy atom. The first-order chi connectivity index (χ1) is 15.4. The van der Waals surface area contributed by atoms with Crippen LogP contribution < -0.4 is 0 Å². The summed E-state index contributed by atoms with van der Waals surface area (Å²) in [6.45, 7) is 3.01. The van der Waals surface area contributed by atoms with E-state index in [1.165, 1.54) is 23.1 Å². The second-order valence-corrected chi connectivity index (χ2v) is 8.04. The minimum absolute atomic E-state index is 0.0242. The number of ether oxygens (including phenoxy) is 1. The highest BCUT2D eigenvalue weighted by molar-refractivity contribution is 6.58. The molecule has 0 spiro atoms. The number of piperazine rings is 1. The number of hydrogen-bond acceptors (Lipinski definition) is 6. The van der Waals surface area contributed by atoms with Crippen LogP contribution in [0, 0.1) is 11.6 Å². The van der Waals surface area contributed by atoms with E-state index >= 15 is 0 Å². The Labute approximate surface area is 182 Å². The average molecular weight is 442 g/mol. The van der Waals surface area contributed by atoms with E-state index in [2.05, 4.69) is 5.10 Å². The van der Waals surface area contributed by atoms with Gasteiger partial charge in [0.15, 0.2) is 6.04 Å². The molecule has 1 amide bonds. The lowest BCUT2D eigenvalue weighted by Crippen LogP contribution is -2.68. The molecule has 0 radical (unpaired) electrons. The number of Topliss-reactive ketones (excluding diaryl/α,β-unsaturated/α-hetero) is 2. The van der Waals surface area contributed by atoms with Gasteiger partial charge in [0.05, 0.1) is 43.6 Å². The lowest BCUT2D eigenvalue weighted by molar-refractivity contribution is -0.154. The highest BCUT2D eigenvalue weighted by atomic mass is 19.1. The summed E-state index contributed by atoms with van der Waals surface area (Å²) >= 11 is 0. The molecular formula is C22H20F2N4O4. The smallest absolute Gasteiger partial charge is 0.253 e. The highest BCUT2D eigenvalue weighted by Crippen LogP contribution is 2.34. The van der Waals surface area contributed by atoms with E-state index < -0.39 is 35.1 Å². The molecule has 5 rings (SSSR count). The number of fused-ring (bicyclic) bond motifs is 3. The molecule has 0 aliphatic carbocycles. The number of rotatable bonds is 4. The van der Waals surface area contributed by atoms with Crippen molar-refractivity contribution in [1.29, 1.82) is 0 Å². The first-order valence-electron chi connectivity index (χ1n) is 10.3. The zero-order valence-corrected chi connectivity index (χ0v) is 17.2. The van der Waals surface area contributed by atoms with Crippen molar-refractivity contribution in [3.8, 4) is 0 Å². The van der Waals surface area contributed by atoms with Crippen molar-refractivity contribution in [2.45, 2.75) is 31.6 Å². The fourth-order valence-electron chi connectivity index (χ4n) is 4.65. The normalized spacial score (nSPS) is 25.2. The van der Waals surface area contributed by atoms with Gasteiger partial charge in [0, 0.05) is 36.1 Å². The van der Waals surface area contributed by atoms with Crippen LogP contribution in [-0.2, 0) is 25.7 Å². The van der Waals surface area contributed by atoms with Crippen molar-refractivity contribution in [2.24, 2.45) is 0 Å². The molecule has 1 unspecified atom stereocenters. The number of aromatic nitrogens is 2. The molecule has 0 saturated carbocycles. The largest absolute Gasteiger partial charge is 0.377 e. The van der Waals surface area contributed by atoms with Gasteiger partial charge in [0.25, 0.3) is 5.91 Å². The van der Waals surface area contributed by atoms with Crippen molar-refractivity contribution >= 4 is 23.0 Å². The molecule has 3 aliphatic heterocycles. The van der Waals surface area contributed by atoms with E-state index in [0.717, 1.165) is 12.1 Å². The third-order valence-electron chi connectivity index (χ3n) is 6.25. The van der Waals surface area contributed by atoms with Gasteiger partial charge >= 0.3 is 0 Å². The van der Waals surface area contributed by atoms with Gasteiger partial charge in [-0.2, -0.15) is 5.10 Å². The number of halogens is 2. The van der Waals surface area contributed by atoms with Gasteiger partial charge < -0.3 is 14.5 Å². The van der Waals surface area contributed by atoms with E-state index in [1.807, 2.05) is 6.92 Å². The molecule has 1 aromatic carbocycles. The fourth-order valence-corrected chi connectivity index (χ4v) is 4.65. The van der Waals surface area contributed by atoms with Gasteiger partial charge in [0.1, 0.15) is 11.6 Å². The van der Waals surface area contributed by atoms with Crippen LogP contribution in [0.15, 0.2) is 36.8 Å². The molecule has 10 heteroatoms. The van der Waals surface area contributed by atoms with E-state index in [-0.39, 0.29) is 29.8 Å². The monoisotopic (exact) mass is 442 g/mol. The van der Waals surface area contributed by atoms with Gasteiger partial charge in [-0.05, 0) is 13.0 Å². The van der Waals surface area contributed by atoms with E-state index in [0.29, 0.717) is 25.3 Å². The maximum atomic E-state index is 14.0. The molecule has 0 bridgehead atoms. The number of likely N-dealkylation sites (N-methyl/N-ethyl adjacent to an activating group) is 1. The Morgan fingerprint density at radius 1 is 1.16 bits per heavy atom.